The van der Waals surface area contributed by atoms with Gasteiger partial charge >= 0.3 is 0 Å². The van der Waals surface area contributed by atoms with Gasteiger partial charge in [-0.25, -0.2) is 4.39 Å². The normalized spacial score (nSPS) is 12.6. The van der Waals surface area contributed by atoms with Gasteiger partial charge in [-0.05, 0) is 28.4 Å². The number of nitrogens with zero attached hydrogens (tertiary/aromatic N) is 1. The molecule has 1 heterocycles. The summed E-state index contributed by atoms with van der Waals surface area (Å²) < 4.78 is 14.0. The van der Waals surface area contributed by atoms with Gasteiger partial charge in [0.25, 0.3) is 0 Å². The van der Waals surface area contributed by atoms with Gasteiger partial charge in [0.05, 0.1) is 6.20 Å². The summed E-state index contributed by atoms with van der Waals surface area (Å²) in [5, 5.41) is 0. The average Bonchev–Trinajstić information content (AvgIpc) is 2.14. The summed E-state index contributed by atoms with van der Waals surface area (Å²) in [7, 11) is 0. The number of hydrogen-bond donors (Lipinski definition) is 0. The quantitative estimate of drug-likeness (QED) is 0.722. The van der Waals surface area contributed by atoms with E-state index < -0.39 is 0 Å². The van der Waals surface area contributed by atoms with Crippen molar-refractivity contribution in [3.8, 4) is 0 Å². The van der Waals surface area contributed by atoms with E-state index >= 15 is 0 Å². The molecule has 0 aliphatic rings. The summed E-state index contributed by atoms with van der Waals surface area (Å²) in [5.74, 6) is 0.335. The van der Waals surface area contributed by atoms with Crippen molar-refractivity contribution in [2.75, 3.05) is 0 Å². The van der Waals surface area contributed by atoms with Gasteiger partial charge in [0.1, 0.15) is 5.82 Å². The van der Waals surface area contributed by atoms with Gasteiger partial charge in [-0.3, -0.25) is 4.98 Å². The van der Waals surface area contributed by atoms with Gasteiger partial charge < -0.3 is 0 Å². The minimum absolute atomic E-state index is 0.0751. The molecule has 0 N–H and O–H groups in total. The number of rotatable bonds is 2. The van der Waals surface area contributed by atoms with Crippen molar-refractivity contribution in [1.29, 1.82) is 0 Å². The van der Waals surface area contributed by atoms with Crippen LogP contribution in [0.25, 0.3) is 0 Å². The van der Waals surface area contributed by atoms with E-state index in [2.05, 4.69) is 39.6 Å². The molecule has 1 aromatic rings. The molecule has 1 nitrogen and oxygen atoms in total. The lowest BCUT2D eigenvalue weighted by Gasteiger charge is -2.29. The van der Waals surface area contributed by atoms with Crippen LogP contribution < -0.4 is 0 Å². The number of pyridine rings is 1. The Morgan fingerprint density at radius 3 is 1.94 bits per heavy atom. The van der Waals surface area contributed by atoms with Gasteiger partial charge in [0.15, 0.2) is 0 Å². The molecular formula is C15H24FN. The first kappa shape index (κ1) is 14.1. The lowest BCUT2D eigenvalue weighted by atomic mass is 9.77. The zero-order valence-corrected chi connectivity index (χ0v) is 12.1. The molecule has 0 amide bonds. The summed E-state index contributed by atoms with van der Waals surface area (Å²) >= 11 is 0. The molecule has 0 fully saturated rings. The first-order valence-corrected chi connectivity index (χ1v) is 6.35. The van der Waals surface area contributed by atoms with Crippen LogP contribution in [0.1, 0.15) is 77.1 Å². The predicted molar refractivity (Wildman–Crippen MR) is 71.1 cm³/mol. The van der Waals surface area contributed by atoms with Crippen molar-refractivity contribution in [2.24, 2.45) is 0 Å². The van der Waals surface area contributed by atoms with Crippen LogP contribution in [-0.2, 0) is 5.41 Å². The van der Waals surface area contributed by atoms with Crippen molar-refractivity contribution in [3.05, 3.63) is 28.8 Å². The van der Waals surface area contributed by atoms with E-state index in [1.54, 1.807) is 0 Å². The zero-order valence-electron chi connectivity index (χ0n) is 12.1. The SMILES string of the molecule is CC(C)c1ncc(F)c(C(C)C)c1C(C)(C)C. The van der Waals surface area contributed by atoms with Gasteiger partial charge in [-0.2, -0.15) is 0 Å². The summed E-state index contributed by atoms with van der Waals surface area (Å²) in [6, 6.07) is 0. The molecule has 17 heavy (non-hydrogen) atoms. The molecular weight excluding hydrogens is 213 g/mol. The maximum Gasteiger partial charge on any atom is 0.145 e. The highest BCUT2D eigenvalue weighted by molar-refractivity contribution is 5.40. The first-order valence-electron chi connectivity index (χ1n) is 6.35. The molecule has 0 unspecified atom stereocenters. The van der Waals surface area contributed by atoms with Crippen LogP contribution >= 0.6 is 0 Å². The third kappa shape index (κ3) is 2.85. The summed E-state index contributed by atoms with van der Waals surface area (Å²) in [6.45, 7) is 14.7. The van der Waals surface area contributed by atoms with Gasteiger partial charge in [-0.15, -0.1) is 0 Å². The average molecular weight is 237 g/mol. The van der Waals surface area contributed by atoms with Crippen LogP contribution in [0.4, 0.5) is 4.39 Å². The molecule has 0 aliphatic carbocycles. The van der Waals surface area contributed by atoms with Crippen LogP contribution in [0.15, 0.2) is 6.20 Å². The maximum atomic E-state index is 14.0. The van der Waals surface area contributed by atoms with E-state index in [1.807, 2.05) is 13.8 Å². The molecule has 1 aromatic heterocycles. The lowest BCUT2D eigenvalue weighted by molar-refractivity contribution is 0.523. The van der Waals surface area contributed by atoms with Crippen molar-refractivity contribution in [1.82, 2.24) is 4.98 Å². The van der Waals surface area contributed by atoms with E-state index in [0.29, 0.717) is 5.92 Å². The van der Waals surface area contributed by atoms with E-state index in [1.165, 1.54) is 6.20 Å². The largest absolute Gasteiger partial charge is 0.258 e. The minimum atomic E-state index is -0.172. The van der Waals surface area contributed by atoms with Crippen molar-refractivity contribution in [3.63, 3.8) is 0 Å². The fourth-order valence-electron chi connectivity index (χ4n) is 2.31. The van der Waals surface area contributed by atoms with Gasteiger partial charge in [0, 0.05) is 5.69 Å². The van der Waals surface area contributed by atoms with Crippen molar-refractivity contribution in [2.45, 2.75) is 65.7 Å². The molecule has 0 aliphatic heterocycles. The Bertz CT molecular complexity index is 400. The standard InChI is InChI=1S/C15H24FN/c1-9(2)12-11(16)8-17-14(10(3)4)13(12)15(5,6)7/h8-10H,1-7H3. The number of aromatic nitrogens is 1. The van der Waals surface area contributed by atoms with E-state index in [-0.39, 0.29) is 17.2 Å². The highest BCUT2D eigenvalue weighted by Crippen LogP contribution is 2.36. The molecule has 0 radical (unpaired) electrons. The Morgan fingerprint density at radius 1 is 1.06 bits per heavy atom. The summed E-state index contributed by atoms with van der Waals surface area (Å²) in [5.41, 5.74) is 2.87. The van der Waals surface area contributed by atoms with E-state index in [0.717, 1.165) is 16.8 Å². The highest BCUT2D eigenvalue weighted by atomic mass is 19.1. The first-order chi connectivity index (χ1) is 7.66. The lowest BCUT2D eigenvalue weighted by Crippen LogP contribution is -2.21. The maximum absolute atomic E-state index is 14.0. The Kier molecular flexibility index (Phi) is 3.95. The van der Waals surface area contributed by atoms with Crippen LogP contribution in [0.5, 0.6) is 0 Å². The minimum Gasteiger partial charge on any atom is -0.258 e. The third-order valence-corrected chi connectivity index (χ3v) is 2.97. The smallest absolute Gasteiger partial charge is 0.145 e. The molecule has 96 valence electrons. The molecule has 0 bridgehead atoms. The Labute approximate surface area is 104 Å². The van der Waals surface area contributed by atoms with E-state index in [9.17, 15) is 4.39 Å². The van der Waals surface area contributed by atoms with E-state index in [4.69, 9.17) is 0 Å². The summed E-state index contributed by atoms with van der Waals surface area (Å²) in [4.78, 5) is 4.31. The molecule has 0 atom stereocenters. The van der Waals surface area contributed by atoms with Crippen LogP contribution in [0, 0.1) is 5.82 Å². The number of hydrogen-bond acceptors (Lipinski definition) is 1. The van der Waals surface area contributed by atoms with Gasteiger partial charge in [-0.1, -0.05) is 48.5 Å². The zero-order chi connectivity index (χ0) is 13.4. The van der Waals surface area contributed by atoms with Crippen molar-refractivity contribution < 1.29 is 4.39 Å². The molecule has 0 aromatic carbocycles. The Hall–Kier alpha value is -0.920. The fraction of sp³-hybridized carbons (Fsp3) is 0.667. The van der Waals surface area contributed by atoms with Gasteiger partial charge in [0.2, 0.25) is 0 Å². The highest BCUT2D eigenvalue weighted by Gasteiger charge is 2.27. The second-order valence-corrected chi connectivity index (χ2v) is 6.34. The van der Waals surface area contributed by atoms with Crippen LogP contribution in [0.3, 0.4) is 0 Å². The molecule has 2 heteroatoms. The Balaban J connectivity index is 3.62. The summed E-state index contributed by atoms with van der Waals surface area (Å²) in [6.07, 6.45) is 1.37. The second kappa shape index (κ2) is 4.75. The topological polar surface area (TPSA) is 12.9 Å². The molecule has 1 rings (SSSR count). The van der Waals surface area contributed by atoms with Crippen molar-refractivity contribution >= 4 is 0 Å². The van der Waals surface area contributed by atoms with Crippen LogP contribution in [0.2, 0.25) is 0 Å². The second-order valence-electron chi connectivity index (χ2n) is 6.34. The Morgan fingerprint density at radius 2 is 1.59 bits per heavy atom. The fourth-order valence-corrected chi connectivity index (χ4v) is 2.31. The predicted octanol–water partition coefficient (Wildman–Crippen LogP) is 4.77. The van der Waals surface area contributed by atoms with Crippen LogP contribution in [-0.4, -0.2) is 4.98 Å². The third-order valence-electron chi connectivity index (χ3n) is 2.97. The monoisotopic (exact) mass is 237 g/mol. The number of halogens is 1. The molecule has 0 spiro atoms. The molecule has 0 saturated carbocycles. The molecule has 0 saturated heterocycles.